The van der Waals surface area contributed by atoms with Gasteiger partial charge in [0.1, 0.15) is 5.60 Å². The second-order valence-electron chi connectivity index (χ2n) is 13.9. The first kappa shape index (κ1) is 31.7. The van der Waals surface area contributed by atoms with Crippen molar-refractivity contribution in [2.75, 3.05) is 36.8 Å². The molecule has 4 aromatic rings. The lowest BCUT2D eigenvalue weighted by Gasteiger charge is -2.40. The fourth-order valence-corrected chi connectivity index (χ4v) is 6.38. The lowest BCUT2D eigenvalue weighted by Crippen LogP contribution is -2.49. The van der Waals surface area contributed by atoms with Gasteiger partial charge in [0.25, 0.3) is 0 Å². The van der Waals surface area contributed by atoms with Gasteiger partial charge < -0.3 is 25.4 Å². The number of carbonyl (C=O) groups excluding carboxylic acids is 1. The van der Waals surface area contributed by atoms with Gasteiger partial charge >= 0.3 is 6.09 Å². The van der Waals surface area contributed by atoms with Gasteiger partial charge in [-0.2, -0.15) is 10.1 Å². The topological polar surface area (TPSA) is 121 Å². The molecule has 46 heavy (non-hydrogen) atoms. The monoisotopic (exact) mass is 626 g/mol. The molecule has 2 aromatic carbocycles. The van der Waals surface area contributed by atoms with Crippen LogP contribution < -0.4 is 10.6 Å². The van der Waals surface area contributed by atoms with E-state index in [0.29, 0.717) is 38.3 Å². The third-order valence-electron chi connectivity index (χ3n) is 9.10. The summed E-state index contributed by atoms with van der Waals surface area (Å²) >= 11 is 0. The van der Waals surface area contributed by atoms with Gasteiger partial charge in [-0.05, 0) is 94.7 Å². The maximum Gasteiger partial charge on any atom is 0.410 e. The highest BCUT2D eigenvalue weighted by Crippen LogP contribution is 2.31. The van der Waals surface area contributed by atoms with Crippen molar-refractivity contribution in [1.82, 2.24) is 29.5 Å². The molecule has 1 amide bonds. The number of hydrogen-bond donors (Lipinski definition) is 3. The van der Waals surface area contributed by atoms with Crippen molar-refractivity contribution in [3.63, 3.8) is 0 Å². The predicted molar refractivity (Wildman–Crippen MR) is 181 cm³/mol. The summed E-state index contributed by atoms with van der Waals surface area (Å²) in [6.45, 7) is 13.4. The van der Waals surface area contributed by atoms with E-state index in [2.05, 4.69) is 70.8 Å². The minimum atomic E-state index is -0.766. The Morgan fingerprint density at radius 1 is 1.04 bits per heavy atom. The molecule has 2 aliphatic rings. The maximum atomic E-state index is 12.4. The quantitative estimate of drug-likeness (QED) is 0.228. The minimum absolute atomic E-state index is 0.299. The third-order valence-corrected chi connectivity index (χ3v) is 9.10. The number of fused-ring (bicyclic) bond motifs is 2. The van der Waals surface area contributed by atoms with Crippen LogP contribution in [0.5, 0.6) is 0 Å². The van der Waals surface area contributed by atoms with E-state index in [0.717, 1.165) is 65.4 Å². The molecule has 0 bridgehead atoms. The summed E-state index contributed by atoms with van der Waals surface area (Å²) in [5.41, 5.74) is 6.35. The highest BCUT2D eigenvalue weighted by atomic mass is 16.6. The Bertz CT molecular complexity index is 1720. The van der Waals surface area contributed by atoms with Crippen LogP contribution in [0, 0.1) is 13.8 Å². The van der Waals surface area contributed by atoms with Gasteiger partial charge in [-0.15, -0.1) is 0 Å². The second-order valence-corrected chi connectivity index (χ2v) is 13.9. The molecule has 1 fully saturated rings. The van der Waals surface area contributed by atoms with Crippen LogP contribution in [0.25, 0.3) is 11.0 Å². The first-order valence-electron chi connectivity index (χ1n) is 16.2. The Labute approximate surface area is 271 Å². The number of nitrogens with one attached hydrogen (secondary N) is 2. The third kappa shape index (κ3) is 7.10. The molecule has 6 rings (SSSR count). The molecule has 0 atom stereocenters. The number of anilines is 4. The summed E-state index contributed by atoms with van der Waals surface area (Å²) < 4.78 is 7.29. The molecule has 3 N–H and O–H groups in total. The summed E-state index contributed by atoms with van der Waals surface area (Å²) in [5, 5.41) is 23.7. The summed E-state index contributed by atoms with van der Waals surface area (Å²) in [6, 6.07) is 12.7. The van der Waals surface area contributed by atoms with Crippen LogP contribution in [0.15, 0.2) is 42.6 Å². The van der Waals surface area contributed by atoms with Crippen molar-refractivity contribution in [3.05, 3.63) is 64.8 Å². The van der Waals surface area contributed by atoms with Crippen molar-refractivity contribution in [2.24, 2.45) is 7.05 Å². The van der Waals surface area contributed by atoms with E-state index in [9.17, 15) is 9.90 Å². The van der Waals surface area contributed by atoms with E-state index in [1.165, 1.54) is 11.1 Å². The minimum Gasteiger partial charge on any atom is -0.444 e. The maximum absolute atomic E-state index is 12.4. The first-order valence-corrected chi connectivity index (χ1v) is 16.2. The van der Waals surface area contributed by atoms with Crippen LogP contribution >= 0.6 is 0 Å². The molecular formula is C35H46N8O3. The highest BCUT2D eigenvalue weighted by molar-refractivity contribution is 5.90. The summed E-state index contributed by atoms with van der Waals surface area (Å²) in [7, 11) is 1.89. The van der Waals surface area contributed by atoms with E-state index in [-0.39, 0.29) is 6.09 Å². The highest BCUT2D eigenvalue weighted by Gasteiger charge is 2.35. The van der Waals surface area contributed by atoms with Crippen molar-refractivity contribution < 1.29 is 14.6 Å². The van der Waals surface area contributed by atoms with E-state index >= 15 is 0 Å². The molecule has 244 valence electrons. The Kier molecular flexibility index (Phi) is 8.64. The van der Waals surface area contributed by atoms with Crippen molar-refractivity contribution >= 4 is 40.3 Å². The average molecular weight is 627 g/mol. The second kappa shape index (κ2) is 12.5. The number of aryl methyl sites for hydroxylation is 3. The number of aliphatic hydroxyl groups is 1. The van der Waals surface area contributed by atoms with Gasteiger partial charge in [0.05, 0.1) is 11.0 Å². The van der Waals surface area contributed by atoms with Crippen LogP contribution in [0.3, 0.4) is 0 Å². The van der Waals surface area contributed by atoms with Gasteiger partial charge in [-0.3, -0.25) is 4.90 Å². The number of benzene rings is 2. The molecule has 4 heterocycles. The number of rotatable bonds is 7. The standard InChI is InChI=1S/C35H46N8O3/c1-23-8-7-9-24(2)29(23)38-30-28-21-36-32(39-31(28)41(6)40-30)37-27-11-10-25-12-16-42(22-26(25)20-27)17-13-35(45)14-18-43(19-15-35)33(44)46-34(3,4)5/h7-11,20-21,45H,12-19,22H2,1-6H3,(H,38,40)(H,36,37,39). The van der Waals surface area contributed by atoms with Crippen LogP contribution in [0.4, 0.5) is 27.9 Å². The van der Waals surface area contributed by atoms with Crippen molar-refractivity contribution in [2.45, 2.75) is 78.0 Å². The molecule has 0 saturated carbocycles. The van der Waals surface area contributed by atoms with Gasteiger partial charge in [-0.1, -0.05) is 24.3 Å². The smallest absolute Gasteiger partial charge is 0.410 e. The first-order chi connectivity index (χ1) is 21.9. The molecule has 11 heteroatoms. The van der Waals surface area contributed by atoms with E-state index in [1.807, 2.05) is 34.0 Å². The normalized spacial score (nSPS) is 16.7. The molecule has 1 saturated heterocycles. The summed E-state index contributed by atoms with van der Waals surface area (Å²) in [4.78, 5) is 26.0. The number of hydrogen-bond acceptors (Lipinski definition) is 9. The number of amides is 1. The Balaban J connectivity index is 1.07. The van der Waals surface area contributed by atoms with Crippen LogP contribution in [-0.2, 0) is 24.8 Å². The van der Waals surface area contributed by atoms with Crippen LogP contribution in [0.2, 0.25) is 0 Å². The molecular weight excluding hydrogens is 580 g/mol. The Morgan fingerprint density at radius 3 is 2.50 bits per heavy atom. The molecule has 2 aliphatic heterocycles. The van der Waals surface area contributed by atoms with Crippen molar-refractivity contribution in [3.8, 4) is 0 Å². The average Bonchev–Trinajstić information content (AvgIpc) is 3.31. The van der Waals surface area contributed by atoms with Crippen LogP contribution in [0.1, 0.15) is 62.3 Å². The zero-order valence-corrected chi connectivity index (χ0v) is 27.9. The number of para-hydroxylation sites is 1. The van der Waals surface area contributed by atoms with Crippen LogP contribution in [-0.4, -0.2) is 78.1 Å². The molecule has 11 nitrogen and oxygen atoms in total. The number of carbonyl (C=O) groups is 1. The predicted octanol–water partition coefficient (Wildman–Crippen LogP) is 5.98. The van der Waals surface area contributed by atoms with Crippen molar-refractivity contribution in [1.29, 1.82) is 0 Å². The van der Waals surface area contributed by atoms with Gasteiger partial charge in [0, 0.05) is 57.3 Å². The molecule has 0 spiro atoms. The lowest BCUT2D eigenvalue weighted by atomic mass is 9.87. The van der Waals surface area contributed by atoms with Gasteiger partial charge in [0.2, 0.25) is 5.95 Å². The SMILES string of the molecule is Cc1cccc(C)c1Nc1nn(C)c2nc(Nc3ccc4c(c3)CN(CCC3(O)CCN(C(=O)OC(C)(C)C)CC3)CC4)ncc12. The fourth-order valence-electron chi connectivity index (χ4n) is 6.38. The largest absolute Gasteiger partial charge is 0.444 e. The lowest BCUT2D eigenvalue weighted by molar-refractivity contribution is -0.0413. The zero-order chi connectivity index (χ0) is 32.6. The van der Waals surface area contributed by atoms with E-state index in [4.69, 9.17) is 14.8 Å². The molecule has 0 radical (unpaired) electrons. The number of ether oxygens (including phenoxy) is 1. The Hall–Kier alpha value is -4.22. The summed E-state index contributed by atoms with van der Waals surface area (Å²) in [6.07, 6.45) is 4.29. The summed E-state index contributed by atoms with van der Waals surface area (Å²) in [5.74, 6) is 1.25. The van der Waals surface area contributed by atoms with E-state index < -0.39 is 11.2 Å². The molecule has 0 unspecified atom stereocenters. The number of nitrogens with zero attached hydrogens (tertiary/aromatic N) is 6. The van der Waals surface area contributed by atoms with E-state index in [1.54, 1.807) is 9.58 Å². The zero-order valence-electron chi connectivity index (χ0n) is 27.9. The number of aromatic nitrogens is 4. The number of likely N-dealkylation sites (tertiary alicyclic amines) is 1. The van der Waals surface area contributed by atoms with Gasteiger partial charge in [0.15, 0.2) is 11.5 Å². The van der Waals surface area contributed by atoms with Gasteiger partial charge in [-0.25, -0.2) is 14.5 Å². The number of piperidine rings is 1. The Morgan fingerprint density at radius 2 is 1.78 bits per heavy atom. The molecule has 0 aliphatic carbocycles. The molecule has 2 aromatic heterocycles. The fraction of sp³-hybridized carbons (Fsp3) is 0.486.